The molecule has 0 aliphatic heterocycles. The lowest BCUT2D eigenvalue weighted by Crippen LogP contribution is -2.43. The summed E-state index contributed by atoms with van der Waals surface area (Å²) in [6.45, 7) is 3.57. The molecule has 0 aromatic heterocycles. The molecule has 0 saturated heterocycles. The van der Waals surface area contributed by atoms with E-state index in [0.29, 0.717) is 5.56 Å². The first kappa shape index (κ1) is 17.6. The Balaban J connectivity index is 2.91. The second kappa shape index (κ2) is 6.98. The summed E-state index contributed by atoms with van der Waals surface area (Å²) in [5.74, 6) is -0.346. The third kappa shape index (κ3) is 4.24. The SMILES string of the molecule is Cc1cc(F)ccc1CN(C)S(=O)(=O)N(C)[C@H](C)CC#N. The van der Waals surface area contributed by atoms with Gasteiger partial charge in [0.15, 0.2) is 0 Å². The summed E-state index contributed by atoms with van der Waals surface area (Å²) in [5.41, 5.74) is 1.44. The number of nitrogens with zero attached hydrogens (tertiary/aromatic N) is 3. The van der Waals surface area contributed by atoms with Crippen LogP contribution in [0, 0.1) is 24.1 Å². The second-order valence-corrected chi connectivity index (χ2v) is 7.16. The third-order valence-corrected chi connectivity index (χ3v) is 5.47. The summed E-state index contributed by atoms with van der Waals surface area (Å²) in [7, 11) is -0.748. The van der Waals surface area contributed by atoms with Gasteiger partial charge in [0.05, 0.1) is 12.5 Å². The predicted molar refractivity (Wildman–Crippen MR) is 79.0 cm³/mol. The van der Waals surface area contributed by atoms with Gasteiger partial charge in [0.25, 0.3) is 10.2 Å². The zero-order chi connectivity index (χ0) is 16.2. The normalized spacial score (nSPS) is 13.4. The number of nitriles is 1. The molecule has 0 saturated carbocycles. The van der Waals surface area contributed by atoms with Gasteiger partial charge < -0.3 is 0 Å². The standard InChI is InChI=1S/C14H20FN3O2S/c1-11-9-14(15)6-5-13(11)10-17(3)21(19,20)18(4)12(2)7-8-16/h5-6,9,12H,7,10H2,1-4H3/t12-/m1/s1. The Labute approximate surface area is 125 Å². The van der Waals surface area contributed by atoms with Crippen molar-refractivity contribution in [3.63, 3.8) is 0 Å². The zero-order valence-electron chi connectivity index (χ0n) is 12.7. The van der Waals surface area contributed by atoms with Crippen LogP contribution in [0.3, 0.4) is 0 Å². The molecule has 7 heteroatoms. The molecule has 0 radical (unpaired) electrons. The molecule has 1 rings (SSSR count). The van der Waals surface area contributed by atoms with Gasteiger partial charge in [-0.2, -0.15) is 22.3 Å². The molecule has 0 aliphatic rings. The molecule has 0 spiro atoms. The van der Waals surface area contributed by atoms with Crippen molar-refractivity contribution in [3.05, 3.63) is 35.1 Å². The minimum Gasteiger partial charge on any atom is -0.207 e. The third-order valence-electron chi connectivity index (χ3n) is 3.46. The van der Waals surface area contributed by atoms with E-state index in [1.165, 1.54) is 34.8 Å². The van der Waals surface area contributed by atoms with Crippen molar-refractivity contribution < 1.29 is 12.8 Å². The highest BCUT2D eigenvalue weighted by atomic mass is 32.2. The Hall–Kier alpha value is -1.49. The lowest BCUT2D eigenvalue weighted by atomic mass is 10.1. The van der Waals surface area contributed by atoms with Crippen LogP contribution in [0.15, 0.2) is 18.2 Å². The summed E-state index contributed by atoms with van der Waals surface area (Å²) in [4.78, 5) is 0. The van der Waals surface area contributed by atoms with Gasteiger partial charge >= 0.3 is 0 Å². The second-order valence-electron chi connectivity index (χ2n) is 5.06. The monoisotopic (exact) mass is 313 g/mol. The highest BCUT2D eigenvalue weighted by Gasteiger charge is 2.27. The van der Waals surface area contributed by atoms with Gasteiger partial charge in [0.2, 0.25) is 0 Å². The van der Waals surface area contributed by atoms with Crippen molar-refractivity contribution >= 4 is 10.2 Å². The van der Waals surface area contributed by atoms with Crippen LogP contribution in [0.5, 0.6) is 0 Å². The minimum atomic E-state index is -3.66. The smallest absolute Gasteiger partial charge is 0.207 e. The molecule has 0 bridgehead atoms. The van der Waals surface area contributed by atoms with Crippen LogP contribution in [0.4, 0.5) is 4.39 Å². The van der Waals surface area contributed by atoms with E-state index in [0.717, 1.165) is 5.56 Å². The van der Waals surface area contributed by atoms with Crippen LogP contribution >= 0.6 is 0 Å². The van der Waals surface area contributed by atoms with Gasteiger partial charge in [-0.15, -0.1) is 0 Å². The van der Waals surface area contributed by atoms with Gasteiger partial charge in [-0.25, -0.2) is 4.39 Å². The fraction of sp³-hybridized carbons (Fsp3) is 0.500. The highest BCUT2D eigenvalue weighted by Crippen LogP contribution is 2.17. The maximum Gasteiger partial charge on any atom is 0.282 e. The molecule has 0 fully saturated rings. The fourth-order valence-electron chi connectivity index (χ4n) is 1.87. The topological polar surface area (TPSA) is 64.4 Å². The van der Waals surface area contributed by atoms with Crippen LogP contribution in [-0.4, -0.2) is 37.2 Å². The Morgan fingerprint density at radius 3 is 2.52 bits per heavy atom. The van der Waals surface area contributed by atoms with Crippen molar-refractivity contribution in [1.29, 1.82) is 5.26 Å². The van der Waals surface area contributed by atoms with Gasteiger partial charge in [-0.1, -0.05) is 6.07 Å². The molecule has 1 atom stereocenters. The average Bonchev–Trinajstić information content (AvgIpc) is 2.41. The van der Waals surface area contributed by atoms with E-state index in [-0.39, 0.29) is 18.8 Å². The maximum atomic E-state index is 13.1. The summed E-state index contributed by atoms with van der Waals surface area (Å²) in [6.07, 6.45) is 0.124. The summed E-state index contributed by atoms with van der Waals surface area (Å²) in [6, 6.07) is 5.81. The number of hydrogen-bond acceptors (Lipinski definition) is 3. The highest BCUT2D eigenvalue weighted by molar-refractivity contribution is 7.86. The van der Waals surface area contributed by atoms with Crippen molar-refractivity contribution in [1.82, 2.24) is 8.61 Å². The Kier molecular flexibility index (Phi) is 5.84. The molecule has 0 unspecified atom stereocenters. The molecule has 5 nitrogen and oxygen atoms in total. The van der Waals surface area contributed by atoms with Crippen molar-refractivity contribution in [3.8, 4) is 6.07 Å². The Morgan fingerprint density at radius 2 is 2.00 bits per heavy atom. The van der Waals surface area contributed by atoms with E-state index in [1.807, 2.05) is 6.07 Å². The quantitative estimate of drug-likeness (QED) is 0.807. The van der Waals surface area contributed by atoms with E-state index in [1.54, 1.807) is 19.9 Å². The van der Waals surface area contributed by atoms with E-state index in [4.69, 9.17) is 5.26 Å². The fourth-order valence-corrected chi connectivity index (χ4v) is 3.14. The molecule has 1 aromatic carbocycles. The molecule has 21 heavy (non-hydrogen) atoms. The van der Waals surface area contributed by atoms with Gasteiger partial charge in [0, 0.05) is 26.7 Å². The Bertz CT molecular complexity index is 640. The molecule has 0 aliphatic carbocycles. The van der Waals surface area contributed by atoms with Gasteiger partial charge in [-0.05, 0) is 37.1 Å². The minimum absolute atomic E-state index is 0.124. The van der Waals surface area contributed by atoms with Gasteiger partial charge in [0.1, 0.15) is 5.82 Å². The molecular weight excluding hydrogens is 293 g/mol. The van der Waals surface area contributed by atoms with Crippen LogP contribution in [0.1, 0.15) is 24.5 Å². The van der Waals surface area contributed by atoms with Crippen molar-refractivity contribution in [2.24, 2.45) is 0 Å². The first-order valence-electron chi connectivity index (χ1n) is 6.51. The molecule has 0 amide bonds. The summed E-state index contributed by atoms with van der Waals surface area (Å²) in [5, 5.41) is 8.67. The number of hydrogen-bond donors (Lipinski definition) is 0. The van der Waals surface area contributed by atoms with Crippen LogP contribution < -0.4 is 0 Å². The lowest BCUT2D eigenvalue weighted by Gasteiger charge is -2.28. The average molecular weight is 313 g/mol. The number of aryl methyl sites for hydroxylation is 1. The first-order valence-corrected chi connectivity index (χ1v) is 7.91. The number of halogens is 1. The van der Waals surface area contributed by atoms with Gasteiger partial charge in [-0.3, -0.25) is 0 Å². The van der Waals surface area contributed by atoms with Crippen LogP contribution in [0.25, 0.3) is 0 Å². The molecule has 0 heterocycles. The van der Waals surface area contributed by atoms with Crippen molar-refractivity contribution in [2.75, 3.05) is 14.1 Å². The van der Waals surface area contributed by atoms with Crippen LogP contribution in [0.2, 0.25) is 0 Å². The lowest BCUT2D eigenvalue weighted by molar-refractivity contribution is 0.344. The molecule has 0 N–H and O–H groups in total. The molecule has 1 aromatic rings. The number of benzene rings is 1. The van der Waals surface area contributed by atoms with E-state index in [2.05, 4.69) is 0 Å². The zero-order valence-corrected chi connectivity index (χ0v) is 13.5. The number of rotatable bonds is 6. The van der Waals surface area contributed by atoms with E-state index < -0.39 is 16.3 Å². The van der Waals surface area contributed by atoms with Crippen LogP contribution in [-0.2, 0) is 16.8 Å². The molecule has 116 valence electrons. The van der Waals surface area contributed by atoms with E-state index >= 15 is 0 Å². The predicted octanol–water partition coefficient (Wildman–Crippen LogP) is 2.04. The van der Waals surface area contributed by atoms with E-state index in [9.17, 15) is 12.8 Å². The first-order chi connectivity index (χ1) is 9.70. The van der Waals surface area contributed by atoms with Crippen molar-refractivity contribution in [2.45, 2.75) is 32.9 Å². The summed E-state index contributed by atoms with van der Waals surface area (Å²) >= 11 is 0. The summed E-state index contributed by atoms with van der Waals surface area (Å²) < 4.78 is 40.2. The Morgan fingerprint density at radius 1 is 1.38 bits per heavy atom. The molecular formula is C14H20FN3O2S. The largest absolute Gasteiger partial charge is 0.282 e. The maximum absolute atomic E-state index is 13.1.